The zero-order chi connectivity index (χ0) is 7.98. The molecule has 0 amide bonds. The fourth-order valence-corrected chi connectivity index (χ4v) is 0.790. The molecule has 0 radical (unpaired) electrons. The third kappa shape index (κ3) is 3.46. The summed E-state index contributed by atoms with van der Waals surface area (Å²) in [6.07, 6.45) is 7.28. The van der Waals surface area contributed by atoms with Crippen LogP contribution in [0.15, 0.2) is 24.3 Å². The van der Waals surface area contributed by atoms with Gasteiger partial charge in [0.2, 0.25) is 0 Å². The number of allylic oxidation sites excluding steroid dienone is 2. The van der Waals surface area contributed by atoms with Crippen molar-refractivity contribution in [3.05, 3.63) is 24.3 Å². The van der Waals surface area contributed by atoms with E-state index in [0.717, 1.165) is 0 Å². The summed E-state index contributed by atoms with van der Waals surface area (Å²) in [7, 11) is 0. The Morgan fingerprint density at radius 1 is 1.10 bits per heavy atom. The van der Waals surface area contributed by atoms with Gasteiger partial charge in [0.25, 0.3) is 0 Å². The summed E-state index contributed by atoms with van der Waals surface area (Å²) in [6.45, 7) is 5.86. The fourth-order valence-electron chi connectivity index (χ4n) is 0.790. The van der Waals surface area contributed by atoms with Gasteiger partial charge >= 0.3 is 0 Å². The van der Waals surface area contributed by atoms with Crippen LogP contribution in [-0.4, -0.2) is 11.2 Å². The van der Waals surface area contributed by atoms with Gasteiger partial charge in [0, 0.05) is 5.92 Å². The number of rotatable bonds is 3. The average molecular weight is 140 g/mol. The summed E-state index contributed by atoms with van der Waals surface area (Å²) in [5.41, 5.74) is 0. The third-order valence-electron chi connectivity index (χ3n) is 1.42. The molecular formula is C9H16O. The Balaban J connectivity index is 3.81. The van der Waals surface area contributed by atoms with E-state index in [1.54, 1.807) is 6.08 Å². The van der Waals surface area contributed by atoms with Gasteiger partial charge in [-0.1, -0.05) is 31.2 Å². The van der Waals surface area contributed by atoms with Crippen molar-refractivity contribution in [1.82, 2.24) is 0 Å². The highest BCUT2D eigenvalue weighted by atomic mass is 16.3. The molecule has 0 heterocycles. The molecule has 0 aliphatic rings. The minimum absolute atomic E-state index is 0.223. The summed E-state index contributed by atoms with van der Waals surface area (Å²) in [6, 6.07) is 0. The van der Waals surface area contributed by atoms with Gasteiger partial charge in [-0.25, -0.2) is 0 Å². The molecule has 1 N–H and O–H groups in total. The molecule has 0 fully saturated rings. The maximum absolute atomic E-state index is 9.31. The van der Waals surface area contributed by atoms with E-state index in [-0.39, 0.29) is 12.0 Å². The van der Waals surface area contributed by atoms with E-state index in [0.29, 0.717) is 0 Å². The van der Waals surface area contributed by atoms with E-state index < -0.39 is 0 Å². The molecule has 1 nitrogen and oxygen atoms in total. The second kappa shape index (κ2) is 5.24. The molecule has 58 valence electrons. The van der Waals surface area contributed by atoms with Crippen LogP contribution >= 0.6 is 0 Å². The summed E-state index contributed by atoms with van der Waals surface area (Å²) in [5.74, 6) is 0.223. The van der Waals surface area contributed by atoms with Crippen molar-refractivity contribution in [2.75, 3.05) is 0 Å². The maximum Gasteiger partial charge on any atom is 0.0780 e. The average Bonchev–Trinajstić information content (AvgIpc) is 1.89. The zero-order valence-electron chi connectivity index (χ0n) is 6.91. The first-order valence-electron chi connectivity index (χ1n) is 3.66. The zero-order valence-corrected chi connectivity index (χ0v) is 6.91. The van der Waals surface area contributed by atoms with Gasteiger partial charge in [-0.2, -0.15) is 0 Å². The molecule has 0 aliphatic carbocycles. The van der Waals surface area contributed by atoms with E-state index >= 15 is 0 Å². The lowest BCUT2D eigenvalue weighted by Gasteiger charge is -2.09. The van der Waals surface area contributed by atoms with E-state index in [4.69, 9.17) is 0 Å². The molecule has 1 heteroatoms. The van der Waals surface area contributed by atoms with E-state index in [1.165, 1.54) is 0 Å². The van der Waals surface area contributed by atoms with Gasteiger partial charge in [-0.3, -0.25) is 0 Å². The van der Waals surface area contributed by atoms with Crippen molar-refractivity contribution < 1.29 is 5.11 Å². The van der Waals surface area contributed by atoms with Crippen molar-refractivity contribution in [3.8, 4) is 0 Å². The van der Waals surface area contributed by atoms with Crippen LogP contribution < -0.4 is 0 Å². The summed E-state index contributed by atoms with van der Waals surface area (Å²) in [5, 5.41) is 9.31. The third-order valence-corrected chi connectivity index (χ3v) is 1.42. The highest BCUT2D eigenvalue weighted by Gasteiger charge is 2.04. The van der Waals surface area contributed by atoms with E-state index in [1.807, 2.05) is 39.0 Å². The summed E-state index contributed by atoms with van der Waals surface area (Å²) in [4.78, 5) is 0. The predicted molar refractivity (Wildman–Crippen MR) is 44.8 cm³/mol. The van der Waals surface area contributed by atoms with Crippen molar-refractivity contribution >= 4 is 0 Å². The largest absolute Gasteiger partial charge is 0.388 e. The van der Waals surface area contributed by atoms with Gasteiger partial charge < -0.3 is 5.11 Å². The molecule has 0 rings (SSSR count). The van der Waals surface area contributed by atoms with Gasteiger partial charge in [0.05, 0.1) is 6.10 Å². The van der Waals surface area contributed by atoms with Crippen molar-refractivity contribution in [2.24, 2.45) is 5.92 Å². The molecule has 0 aliphatic heterocycles. The Morgan fingerprint density at radius 3 is 2.00 bits per heavy atom. The molecule has 10 heavy (non-hydrogen) atoms. The molecule has 0 aromatic rings. The lowest BCUT2D eigenvalue weighted by molar-refractivity contribution is 0.185. The van der Waals surface area contributed by atoms with Crippen LogP contribution in [0, 0.1) is 5.92 Å². The van der Waals surface area contributed by atoms with Crippen LogP contribution in [0.25, 0.3) is 0 Å². The monoisotopic (exact) mass is 140 g/mol. The van der Waals surface area contributed by atoms with Gasteiger partial charge in [-0.15, -0.1) is 0 Å². The fraction of sp³-hybridized carbons (Fsp3) is 0.556. The first-order chi connectivity index (χ1) is 4.72. The summed E-state index contributed by atoms with van der Waals surface area (Å²) >= 11 is 0. The Hall–Kier alpha value is -0.560. The molecule has 0 saturated heterocycles. The Morgan fingerprint density at radius 2 is 1.60 bits per heavy atom. The molecule has 0 aromatic heterocycles. The first kappa shape index (κ1) is 9.44. The molecular weight excluding hydrogens is 124 g/mol. The topological polar surface area (TPSA) is 20.2 Å². The standard InChI is InChI=1S/C9H16O/c1-4-6-8(3)9(10)7-5-2/h4-10H,1-3H3/b6-4+,7-5+/t8-,9+/m0/s1. The number of hydrogen-bond donors (Lipinski definition) is 1. The first-order valence-corrected chi connectivity index (χ1v) is 3.66. The Kier molecular flexibility index (Phi) is 4.95. The van der Waals surface area contributed by atoms with Crippen molar-refractivity contribution in [3.63, 3.8) is 0 Å². The SMILES string of the molecule is C/C=C/[C@@H](O)[C@@H](C)/C=C/C. The number of aliphatic hydroxyl groups excluding tert-OH is 1. The van der Waals surface area contributed by atoms with Gasteiger partial charge in [-0.05, 0) is 13.8 Å². The van der Waals surface area contributed by atoms with Crippen LogP contribution in [0.4, 0.5) is 0 Å². The minimum Gasteiger partial charge on any atom is -0.388 e. The molecule has 0 saturated carbocycles. The molecule has 0 bridgehead atoms. The second-order valence-corrected chi connectivity index (χ2v) is 2.40. The molecule has 0 spiro atoms. The van der Waals surface area contributed by atoms with Crippen LogP contribution in [0.3, 0.4) is 0 Å². The van der Waals surface area contributed by atoms with Crippen LogP contribution in [-0.2, 0) is 0 Å². The van der Waals surface area contributed by atoms with Crippen LogP contribution in [0.1, 0.15) is 20.8 Å². The number of aliphatic hydroxyl groups is 1. The van der Waals surface area contributed by atoms with Crippen LogP contribution in [0.5, 0.6) is 0 Å². The second-order valence-electron chi connectivity index (χ2n) is 2.40. The maximum atomic E-state index is 9.31. The van der Waals surface area contributed by atoms with E-state index in [9.17, 15) is 5.11 Å². The quantitative estimate of drug-likeness (QED) is 0.595. The normalized spacial score (nSPS) is 18.4. The predicted octanol–water partition coefficient (Wildman–Crippen LogP) is 2.14. The van der Waals surface area contributed by atoms with Gasteiger partial charge in [0.15, 0.2) is 0 Å². The summed E-state index contributed by atoms with van der Waals surface area (Å²) < 4.78 is 0. The molecule has 0 unspecified atom stereocenters. The highest BCUT2D eigenvalue weighted by molar-refractivity contribution is 4.96. The smallest absolute Gasteiger partial charge is 0.0780 e. The van der Waals surface area contributed by atoms with Crippen molar-refractivity contribution in [2.45, 2.75) is 26.9 Å². The lowest BCUT2D eigenvalue weighted by Crippen LogP contribution is -2.11. The minimum atomic E-state index is -0.332. The van der Waals surface area contributed by atoms with Crippen molar-refractivity contribution in [1.29, 1.82) is 0 Å². The molecule has 0 aromatic carbocycles. The lowest BCUT2D eigenvalue weighted by atomic mass is 10.0. The Labute approximate surface area is 63.1 Å². The van der Waals surface area contributed by atoms with Crippen LogP contribution in [0.2, 0.25) is 0 Å². The highest BCUT2D eigenvalue weighted by Crippen LogP contribution is 2.05. The Bertz CT molecular complexity index is 109. The molecule has 2 atom stereocenters. The van der Waals surface area contributed by atoms with E-state index in [2.05, 4.69) is 0 Å². The number of hydrogen-bond acceptors (Lipinski definition) is 1. The van der Waals surface area contributed by atoms with Gasteiger partial charge in [0.1, 0.15) is 0 Å².